The van der Waals surface area contributed by atoms with Gasteiger partial charge in [0, 0.05) is 33.9 Å². The molecule has 0 bridgehead atoms. The topological polar surface area (TPSA) is 27.6 Å². The fourth-order valence-electron chi connectivity index (χ4n) is 10.9. The van der Waals surface area contributed by atoms with Crippen LogP contribution >= 0.6 is 0 Å². The average molecular weight is 666 g/mol. The zero-order valence-corrected chi connectivity index (χ0v) is 32.1. The fraction of sp³-hybridized carbons (Fsp3) is 0.468. The average Bonchev–Trinajstić information content (AvgIpc) is 3.61. The fourth-order valence-corrected chi connectivity index (χ4v) is 10.9. The maximum Gasteiger partial charge on any atom is 0.0875 e. The van der Waals surface area contributed by atoms with E-state index in [1.807, 2.05) is 6.34 Å². The van der Waals surface area contributed by atoms with Crippen LogP contribution in [0.1, 0.15) is 134 Å². The minimum Gasteiger partial charge on any atom is -0.359 e. The van der Waals surface area contributed by atoms with Gasteiger partial charge in [0.25, 0.3) is 0 Å². The molecule has 1 saturated carbocycles. The number of nitrogens with one attached hydrogen (secondary N) is 1. The van der Waals surface area contributed by atoms with Crippen LogP contribution in [0, 0.1) is 11.3 Å². The Morgan fingerprint density at radius 3 is 2.36 bits per heavy atom. The highest BCUT2D eigenvalue weighted by molar-refractivity contribution is 5.84. The molecule has 50 heavy (non-hydrogen) atoms. The Morgan fingerprint density at radius 2 is 1.64 bits per heavy atom. The maximum atomic E-state index is 4.86. The molecule has 0 saturated heterocycles. The second-order valence-corrected chi connectivity index (χ2v) is 17.0. The first-order chi connectivity index (χ1) is 24.0. The molecule has 262 valence electrons. The van der Waals surface area contributed by atoms with Gasteiger partial charge >= 0.3 is 0 Å². The highest BCUT2D eigenvalue weighted by atomic mass is 15.3. The predicted octanol–water partition coefficient (Wildman–Crippen LogP) is 11.6. The molecule has 7 rings (SSSR count). The van der Waals surface area contributed by atoms with Crippen molar-refractivity contribution >= 4 is 17.6 Å². The van der Waals surface area contributed by atoms with Crippen molar-refractivity contribution in [2.75, 3.05) is 0 Å². The molecule has 3 aliphatic heterocycles. The van der Waals surface area contributed by atoms with Crippen molar-refractivity contribution < 1.29 is 0 Å². The quantitative estimate of drug-likeness (QED) is 0.233. The molecule has 1 N–H and O–H groups in total. The van der Waals surface area contributed by atoms with E-state index < -0.39 is 0 Å². The molecule has 3 aromatic rings. The van der Waals surface area contributed by atoms with Crippen molar-refractivity contribution in [1.29, 1.82) is 0 Å². The van der Waals surface area contributed by atoms with Gasteiger partial charge in [0.2, 0.25) is 0 Å². The third-order valence-corrected chi connectivity index (χ3v) is 13.1. The van der Waals surface area contributed by atoms with Crippen molar-refractivity contribution in [2.45, 2.75) is 129 Å². The van der Waals surface area contributed by atoms with Gasteiger partial charge in [0.15, 0.2) is 0 Å². The molecule has 0 spiro atoms. The van der Waals surface area contributed by atoms with E-state index >= 15 is 0 Å². The Balaban J connectivity index is 1.43. The van der Waals surface area contributed by atoms with Gasteiger partial charge in [-0.15, -0.1) is 0 Å². The number of benzene rings is 3. The number of rotatable bonds is 10. The van der Waals surface area contributed by atoms with Gasteiger partial charge in [-0.05, 0) is 77.0 Å². The van der Waals surface area contributed by atoms with E-state index in [1.54, 1.807) is 0 Å². The Hall–Kier alpha value is -3.85. The summed E-state index contributed by atoms with van der Waals surface area (Å²) in [5, 5.41) is 3.61. The summed E-state index contributed by atoms with van der Waals surface area (Å²) < 4.78 is 0. The van der Waals surface area contributed by atoms with Crippen LogP contribution in [0.4, 0.5) is 0 Å². The summed E-state index contributed by atoms with van der Waals surface area (Å²) in [5.41, 5.74) is 12.2. The molecule has 6 atom stereocenters. The first kappa shape index (κ1) is 34.6. The molecule has 1 fully saturated rings. The molecular formula is C47H59N3. The van der Waals surface area contributed by atoms with Crippen LogP contribution in [-0.4, -0.2) is 22.8 Å². The van der Waals surface area contributed by atoms with E-state index in [0.29, 0.717) is 5.92 Å². The molecular weight excluding hydrogens is 607 g/mol. The molecule has 1 aliphatic carbocycles. The minimum absolute atomic E-state index is 0.0426. The van der Waals surface area contributed by atoms with Gasteiger partial charge < -0.3 is 10.2 Å². The first-order valence-electron chi connectivity index (χ1n) is 19.5. The van der Waals surface area contributed by atoms with Crippen LogP contribution in [0.2, 0.25) is 0 Å². The molecule has 3 nitrogen and oxygen atoms in total. The maximum absolute atomic E-state index is 4.86. The van der Waals surface area contributed by atoms with Gasteiger partial charge in [-0.1, -0.05) is 154 Å². The molecule has 0 aromatic heterocycles. The molecule has 3 heteroatoms. The number of hydrogen-bond donors (Lipinski definition) is 1. The number of fused-ring (bicyclic) bond motifs is 6. The lowest BCUT2D eigenvalue weighted by Crippen LogP contribution is -2.47. The standard InChI is InChI=1S/C47H59N3/c1-10-18-32(4)26-34-19-17-20-35(28-34)38-30-50-42(27-33(38)5)37-22-14-15-23-39(37)45(9)46(12-3,47(45,50)25-11-2)40-24-16-13-21-36(40)41-29-43(44(6,7)8)49-31-48-41/h13-17,19-24,27-32,42-43H,10-12,18,25-26H2,1-9H3,(H,48,49). The van der Waals surface area contributed by atoms with E-state index in [2.05, 4.69) is 164 Å². The van der Waals surface area contributed by atoms with E-state index in [4.69, 9.17) is 4.99 Å². The third-order valence-electron chi connectivity index (χ3n) is 13.1. The lowest BCUT2D eigenvalue weighted by Gasteiger charge is -2.48. The molecule has 0 radical (unpaired) electrons. The van der Waals surface area contributed by atoms with Crippen molar-refractivity contribution in [1.82, 2.24) is 10.2 Å². The summed E-state index contributed by atoms with van der Waals surface area (Å²) in [6.45, 7) is 21.3. The summed E-state index contributed by atoms with van der Waals surface area (Å²) in [6, 6.07) is 28.5. The van der Waals surface area contributed by atoms with Crippen molar-refractivity contribution in [3.05, 3.63) is 130 Å². The Labute approximate surface area is 302 Å². The van der Waals surface area contributed by atoms with E-state index in [0.717, 1.165) is 25.7 Å². The molecule has 0 amide bonds. The number of aliphatic imine (C=N–C) groups is 1. The molecule has 3 heterocycles. The Bertz CT molecular complexity index is 1890. The van der Waals surface area contributed by atoms with Crippen LogP contribution in [-0.2, 0) is 17.3 Å². The van der Waals surface area contributed by atoms with E-state index in [1.165, 1.54) is 63.1 Å². The zero-order chi connectivity index (χ0) is 35.5. The van der Waals surface area contributed by atoms with Crippen LogP contribution in [0.3, 0.4) is 0 Å². The van der Waals surface area contributed by atoms with Crippen molar-refractivity contribution in [2.24, 2.45) is 16.3 Å². The number of nitrogens with zero attached hydrogens (tertiary/aromatic N) is 2. The number of allylic oxidation sites excluding steroid dienone is 2. The largest absolute Gasteiger partial charge is 0.359 e. The summed E-state index contributed by atoms with van der Waals surface area (Å²) in [4.78, 5) is 7.71. The summed E-state index contributed by atoms with van der Waals surface area (Å²) in [5.74, 6) is 0.694. The molecule has 3 aromatic carbocycles. The van der Waals surface area contributed by atoms with Gasteiger partial charge in [-0.2, -0.15) is 0 Å². The zero-order valence-electron chi connectivity index (χ0n) is 32.1. The van der Waals surface area contributed by atoms with Gasteiger partial charge in [0.1, 0.15) is 0 Å². The third kappa shape index (κ3) is 4.93. The van der Waals surface area contributed by atoms with Crippen LogP contribution < -0.4 is 5.32 Å². The SMILES string of the molecule is CCCC(C)Cc1cccc(C2=CN3C(C=C2C)c2ccccc2C2(C)C(CC)(c4ccccc4C4=CC(C(C)(C)C)N=CN4)C32CCC)c1. The van der Waals surface area contributed by atoms with Crippen molar-refractivity contribution in [3.63, 3.8) is 0 Å². The lowest BCUT2D eigenvalue weighted by molar-refractivity contribution is 0.147. The summed E-state index contributed by atoms with van der Waals surface area (Å²) in [6.07, 6.45) is 16.4. The van der Waals surface area contributed by atoms with Crippen LogP contribution in [0.15, 0.2) is 102 Å². The predicted molar refractivity (Wildman–Crippen MR) is 213 cm³/mol. The van der Waals surface area contributed by atoms with Gasteiger partial charge in [-0.3, -0.25) is 4.99 Å². The van der Waals surface area contributed by atoms with Crippen molar-refractivity contribution in [3.8, 4) is 0 Å². The molecule has 4 aliphatic rings. The summed E-state index contributed by atoms with van der Waals surface area (Å²) in [7, 11) is 0. The van der Waals surface area contributed by atoms with Crippen LogP contribution in [0.25, 0.3) is 11.3 Å². The molecule has 6 unspecified atom stereocenters. The second kappa shape index (κ2) is 12.7. The normalized spacial score (nSPS) is 28.7. The lowest BCUT2D eigenvalue weighted by atomic mass is 9.75. The van der Waals surface area contributed by atoms with Gasteiger partial charge in [0.05, 0.1) is 24.0 Å². The monoisotopic (exact) mass is 665 g/mol. The highest BCUT2D eigenvalue weighted by Gasteiger charge is 2.88. The number of hydrogen-bond acceptors (Lipinski definition) is 3. The first-order valence-corrected chi connectivity index (χ1v) is 19.5. The smallest absolute Gasteiger partial charge is 0.0875 e. The Morgan fingerprint density at radius 1 is 0.900 bits per heavy atom. The van der Waals surface area contributed by atoms with E-state index in [9.17, 15) is 0 Å². The minimum atomic E-state index is -0.107. The Kier molecular flexibility index (Phi) is 8.81. The van der Waals surface area contributed by atoms with E-state index in [-0.39, 0.29) is 33.9 Å². The van der Waals surface area contributed by atoms with Gasteiger partial charge in [-0.25, -0.2) is 0 Å². The van der Waals surface area contributed by atoms with Crippen LogP contribution in [0.5, 0.6) is 0 Å². The highest BCUT2D eigenvalue weighted by Crippen LogP contribution is 2.82. The second-order valence-electron chi connectivity index (χ2n) is 17.0. The summed E-state index contributed by atoms with van der Waals surface area (Å²) >= 11 is 0.